The summed E-state index contributed by atoms with van der Waals surface area (Å²) in [5, 5.41) is 11.3. The second-order valence-corrected chi connectivity index (χ2v) is 4.07. The van der Waals surface area contributed by atoms with Crippen LogP contribution in [0.15, 0.2) is 24.3 Å². The third-order valence-corrected chi connectivity index (χ3v) is 2.81. The van der Waals surface area contributed by atoms with Crippen molar-refractivity contribution in [2.75, 3.05) is 25.0 Å². The predicted molar refractivity (Wildman–Crippen MR) is 67.4 cm³/mol. The number of ether oxygens (including phenoxy) is 1. The molecule has 1 N–H and O–H groups in total. The first-order valence-corrected chi connectivity index (χ1v) is 5.96. The molecule has 1 aliphatic heterocycles. The fourth-order valence-corrected chi connectivity index (χ4v) is 1.92. The quantitative estimate of drug-likeness (QED) is 0.887. The lowest BCUT2D eigenvalue weighted by Crippen LogP contribution is -2.32. The molecular weight excluding hydrogens is 230 g/mol. The molecule has 5 heteroatoms. The summed E-state index contributed by atoms with van der Waals surface area (Å²) in [6, 6.07) is 8.92. The van der Waals surface area contributed by atoms with Crippen LogP contribution < -0.4 is 10.1 Å². The van der Waals surface area contributed by atoms with Gasteiger partial charge in [0.05, 0.1) is 5.69 Å². The van der Waals surface area contributed by atoms with Crippen molar-refractivity contribution in [2.24, 2.45) is 0 Å². The Bertz CT molecular complexity index is 462. The van der Waals surface area contributed by atoms with Crippen molar-refractivity contribution >= 4 is 11.7 Å². The molecule has 94 valence electrons. The van der Waals surface area contributed by atoms with Crippen LogP contribution in [0.2, 0.25) is 0 Å². The van der Waals surface area contributed by atoms with Gasteiger partial charge in [0.1, 0.15) is 11.8 Å². The van der Waals surface area contributed by atoms with Gasteiger partial charge in [0, 0.05) is 13.1 Å². The van der Waals surface area contributed by atoms with Gasteiger partial charge in [0.25, 0.3) is 0 Å². The van der Waals surface area contributed by atoms with E-state index in [0.29, 0.717) is 11.4 Å². The highest BCUT2D eigenvalue weighted by atomic mass is 16.5. The molecule has 1 heterocycles. The van der Waals surface area contributed by atoms with Crippen LogP contribution in [0.4, 0.5) is 10.5 Å². The van der Waals surface area contributed by atoms with Crippen LogP contribution in [0.1, 0.15) is 12.8 Å². The molecule has 5 nitrogen and oxygen atoms in total. The van der Waals surface area contributed by atoms with Crippen LogP contribution in [0.5, 0.6) is 5.75 Å². The molecular formula is C13H15N3O2. The van der Waals surface area contributed by atoms with Crippen LogP contribution in [0, 0.1) is 11.3 Å². The van der Waals surface area contributed by atoms with Crippen LogP contribution in [0.3, 0.4) is 0 Å². The smallest absolute Gasteiger partial charge is 0.321 e. The average Bonchev–Trinajstić information content (AvgIpc) is 2.91. The van der Waals surface area contributed by atoms with Crippen molar-refractivity contribution in [3.8, 4) is 11.8 Å². The van der Waals surface area contributed by atoms with Crippen molar-refractivity contribution in [1.29, 1.82) is 5.26 Å². The molecule has 0 spiro atoms. The summed E-state index contributed by atoms with van der Waals surface area (Å²) in [7, 11) is 0. The number of carbonyl (C=O) groups is 1. The molecule has 1 aromatic rings. The molecule has 1 saturated heterocycles. The van der Waals surface area contributed by atoms with E-state index >= 15 is 0 Å². The van der Waals surface area contributed by atoms with E-state index in [1.54, 1.807) is 23.1 Å². The van der Waals surface area contributed by atoms with E-state index in [0.717, 1.165) is 25.9 Å². The molecule has 18 heavy (non-hydrogen) atoms. The van der Waals surface area contributed by atoms with Crippen LogP contribution >= 0.6 is 0 Å². The minimum atomic E-state index is -0.111. The highest BCUT2D eigenvalue weighted by molar-refractivity contribution is 5.91. The molecule has 0 radical (unpaired) electrons. The van der Waals surface area contributed by atoms with E-state index in [4.69, 9.17) is 10.00 Å². The average molecular weight is 245 g/mol. The van der Waals surface area contributed by atoms with Crippen molar-refractivity contribution in [2.45, 2.75) is 12.8 Å². The number of hydrogen-bond acceptors (Lipinski definition) is 3. The number of benzene rings is 1. The lowest BCUT2D eigenvalue weighted by Gasteiger charge is -2.17. The molecule has 0 aliphatic carbocycles. The van der Waals surface area contributed by atoms with E-state index < -0.39 is 0 Å². The Labute approximate surface area is 106 Å². The number of hydrogen-bond donors (Lipinski definition) is 1. The number of carbonyl (C=O) groups excluding carboxylic acids is 1. The molecule has 0 bridgehead atoms. The van der Waals surface area contributed by atoms with Gasteiger partial charge < -0.3 is 15.0 Å². The summed E-state index contributed by atoms with van der Waals surface area (Å²) in [5.74, 6) is 0.520. The van der Waals surface area contributed by atoms with Gasteiger partial charge in [-0.3, -0.25) is 0 Å². The first kappa shape index (κ1) is 12.2. The molecule has 0 saturated carbocycles. The largest absolute Gasteiger partial charge is 0.477 e. The number of anilines is 1. The maximum absolute atomic E-state index is 11.9. The van der Waals surface area contributed by atoms with Gasteiger partial charge in [0.15, 0.2) is 6.61 Å². The number of nitriles is 1. The Balaban J connectivity index is 2.03. The fourth-order valence-electron chi connectivity index (χ4n) is 1.92. The van der Waals surface area contributed by atoms with Crippen LogP contribution in [-0.4, -0.2) is 30.6 Å². The minimum Gasteiger partial charge on any atom is -0.477 e. The number of urea groups is 1. The van der Waals surface area contributed by atoms with Crippen molar-refractivity contribution in [1.82, 2.24) is 4.90 Å². The maximum atomic E-state index is 11.9. The molecule has 1 aromatic carbocycles. The van der Waals surface area contributed by atoms with Crippen molar-refractivity contribution in [3.63, 3.8) is 0 Å². The number of likely N-dealkylation sites (tertiary alicyclic amines) is 1. The van der Waals surface area contributed by atoms with Gasteiger partial charge in [-0.15, -0.1) is 0 Å². The second-order valence-electron chi connectivity index (χ2n) is 4.07. The molecule has 2 rings (SSSR count). The lowest BCUT2D eigenvalue weighted by molar-refractivity contribution is 0.222. The Morgan fingerprint density at radius 2 is 2.11 bits per heavy atom. The van der Waals surface area contributed by atoms with E-state index in [9.17, 15) is 4.79 Å². The minimum absolute atomic E-state index is 0.0312. The molecule has 1 aliphatic rings. The number of rotatable bonds is 3. The zero-order valence-electron chi connectivity index (χ0n) is 10.1. The van der Waals surface area contributed by atoms with Crippen LogP contribution in [-0.2, 0) is 0 Å². The topological polar surface area (TPSA) is 65.4 Å². The number of nitrogens with zero attached hydrogens (tertiary/aromatic N) is 2. The van der Waals surface area contributed by atoms with E-state index in [1.807, 2.05) is 12.1 Å². The van der Waals surface area contributed by atoms with Gasteiger partial charge in [-0.2, -0.15) is 5.26 Å². The van der Waals surface area contributed by atoms with Gasteiger partial charge in [0.2, 0.25) is 0 Å². The Hall–Kier alpha value is -2.22. The first-order valence-electron chi connectivity index (χ1n) is 5.96. The Morgan fingerprint density at radius 3 is 2.83 bits per heavy atom. The molecule has 0 unspecified atom stereocenters. The lowest BCUT2D eigenvalue weighted by atomic mass is 10.3. The number of para-hydroxylation sites is 2. The highest BCUT2D eigenvalue weighted by Gasteiger charge is 2.18. The summed E-state index contributed by atoms with van der Waals surface area (Å²) < 4.78 is 5.26. The highest BCUT2D eigenvalue weighted by Crippen LogP contribution is 2.24. The van der Waals surface area contributed by atoms with E-state index in [1.165, 1.54) is 0 Å². The molecule has 2 amide bonds. The Morgan fingerprint density at radius 1 is 1.39 bits per heavy atom. The summed E-state index contributed by atoms with van der Waals surface area (Å²) in [4.78, 5) is 13.7. The summed E-state index contributed by atoms with van der Waals surface area (Å²) in [6.45, 7) is 1.57. The van der Waals surface area contributed by atoms with Crippen molar-refractivity contribution in [3.05, 3.63) is 24.3 Å². The van der Waals surface area contributed by atoms with Gasteiger partial charge in [-0.05, 0) is 25.0 Å². The van der Waals surface area contributed by atoms with Gasteiger partial charge in [-0.1, -0.05) is 12.1 Å². The summed E-state index contributed by atoms with van der Waals surface area (Å²) in [5.41, 5.74) is 0.602. The third kappa shape index (κ3) is 2.92. The second kappa shape index (κ2) is 5.92. The number of nitrogens with one attached hydrogen (secondary N) is 1. The summed E-state index contributed by atoms with van der Waals surface area (Å²) in [6.07, 6.45) is 2.11. The summed E-state index contributed by atoms with van der Waals surface area (Å²) >= 11 is 0. The monoisotopic (exact) mass is 245 g/mol. The zero-order chi connectivity index (χ0) is 12.8. The molecule has 0 aromatic heterocycles. The third-order valence-electron chi connectivity index (χ3n) is 2.81. The van der Waals surface area contributed by atoms with Crippen molar-refractivity contribution < 1.29 is 9.53 Å². The molecule has 1 fully saturated rings. The zero-order valence-corrected chi connectivity index (χ0v) is 10.1. The first-order chi connectivity index (χ1) is 8.81. The maximum Gasteiger partial charge on any atom is 0.321 e. The fraction of sp³-hybridized carbons (Fsp3) is 0.385. The Kier molecular flexibility index (Phi) is 4.02. The molecule has 0 atom stereocenters. The predicted octanol–water partition coefficient (Wildman–Crippen LogP) is 2.22. The number of amides is 2. The van der Waals surface area contributed by atoms with Crippen LogP contribution in [0.25, 0.3) is 0 Å². The standard InChI is InChI=1S/C13H15N3O2/c14-7-10-18-12-6-2-1-5-11(12)15-13(17)16-8-3-4-9-16/h1-2,5-6H,3-4,8-10H2,(H,15,17). The normalized spacial score (nSPS) is 14.1. The SMILES string of the molecule is N#CCOc1ccccc1NC(=O)N1CCCC1. The van der Waals surface area contributed by atoms with Gasteiger partial charge >= 0.3 is 6.03 Å². The van der Waals surface area contributed by atoms with E-state index in [-0.39, 0.29) is 12.6 Å². The van der Waals surface area contributed by atoms with E-state index in [2.05, 4.69) is 5.32 Å². The van der Waals surface area contributed by atoms with Gasteiger partial charge in [-0.25, -0.2) is 4.79 Å².